The highest BCUT2D eigenvalue weighted by molar-refractivity contribution is 9.10. The maximum atomic E-state index is 4.46. The van der Waals surface area contributed by atoms with E-state index < -0.39 is 0 Å². The zero-order chi connectivity index (χ0) is 11.7. The third kappa shape index (κ3) is 2.94. The van der Waals surface area contributed by atoms with Gasteiger partial charge < -0.3 is 5.32 Å². The molecular weight excluding hydrogens is 296 g/mol. The summed E-state index contributed by atoms with van der Waals surface area (Å²) in [6.07, 6.45) is 4.62. The quantitative estimate of drug-likeness (QED) is 0.928. The van der Waals surface area contributed by atoms with Crippen molar-refractivity contribution in [3.63, 3.8) is 0 Å². The van der Waals surface area contributed by atoms with E-state index in [1.54, 1.807) is 11.3 Å². The minimum atomic E-state index is 0.744. The van der Waals surface area contributed by atoms with Gasteiger partial charge in [-0.3, -0.25) is 0 Å². The fourth-order valence-electron chi connectivity index (χ4n) is 1.69. The molecule has 2 nitrogen and oxygen atoms in total. The van der Waals surface area contributed by atoms with Gasteiger partial charge in [0, 0.05) is 23.3 Å². The van der Waals surface area contributed by atoms with Crippen LogP contribution in [0.4, 0.5) is 0 Å². The molecule has 0 radical (unpaired) electrons. The summed E-state index contributed by atoms with van der Waals surface area (Å²) >= 11 is 5.27. The lowest BCUT2D eigenvalue weighted by Crippen LogP contribution is -2.14. The van der Waals surface area contributed by atoms with Gasteiger partial charge in [0.25, 0.3) is 0 Å². The topological polar surface area (TPSA) is 24.9 Å². The normalized spacial score (nSPS) is 15.1. The van der Waals surface area contributed by atoms with Gasteiger partial charge in [-0.2, -0.15) is 0 Å². The number of nitrogens with zero attached hydrogens (tertiary/aromatic N) is 1. The van der Waals surface area contributed by atoms with Crippen LogP contribution in [0.25, 0.3) is 10.4 Å². The number of hydrogen-bond acceptors (Lipinski definition) is 3. The Kier molecular flexibility index (Phi) is 3.27. The van der Waals surface area contributed by atoms with Crippen molar-refractivity contribution in [1.82, 2.24) is 10.3 Å². The van der Waals surface area contributed by atoms with Crippen molar-refractivity contribution in [2.45, 2.75) is 25.4 Å². The molecule has 1 saturated carbocycles. The first-order valence-electron chi connectivity index (χ1n) is 5.75. The second-order valence-electron chi connectivity index (χ2n) is 4.28. The summed E-state index contributed by atoms with van der Waals surface area (Å²) in [5.41, 5.74) is 1.23. The van der Waals surface area contributed by atoms with E-state index in [2.05, 4.69) is 44.4 Å². The first kappa shape index (κ1) is 11.4. The largest absolute Gasteiger partial charge is 0.308 e. The van der Waals surface area contributed by atoms with Crippen LogP contribution in [-0.2, 0) is 6.54 Å². The molecule has 2 aromatic rings. The monoisotopic (exact) mass is 308 g/mol. The Morgan fingerprint density at radius 2 is 2.29 bits per heavy atom. The molecule has 0 atom stereocenters. The van der Waals surface area contributed by atoms with E-state index >= 15 is 0 Å². The first-order valence-corrected chi connectivity index (χ1v) is 7.36. The van der Waals surface area contributed by atoms with Gasteiger partial charge in [-0.15, -0.1) is 11.3 Å². The number of thiazole rings is 1. The fourth-order valence-corrected chi connectivity index (χ4v) is 2.95. The molecule has 0 saturated heterocycles. The SMILES string of the molecule is Brc1cccc(-c2cnc(CNC3CC3)s2)c1. The molecule has 0 amide bonds. The lowest BCUT2D eigenvalue weighted by molar-refractivity contribution is 0.684. The molecule has 1 N–H and O–H groups in total. The summed E-state index contributed by atoms with van der Waals surface area (Å²) in [6.45, 7) is 0.906. The van der Waals surface area contributed by atoms with E-state index in [9.17, 15) is 0 Å². The Morgan fingerprint density at radius 1 is 1.41 bits per heavy atom. The van der Waals surface area contributed by atoms with Crippen LogP contribution in [0.2, 0.25) is 0 Å². The Morgan fingerprint density at radius 3 is 3.06 bits per heavy atom. The molecular formula is C13H13BrN2S. The van der Waals surface area contributed by atoms with Crippen LogP contribution in [0.1, 0.15) is 17.8 Å². The number of aromatic nitrogens is 1. The molecule has 17 heavy (non-hydrogen) atoms. The Bertz CT molecular complexity index is 520. The molecule has 0 bridgehead atoms. The van der Waals surface area contributed by atoms with Crippen molar-refractivity contribution in [3.8, 4) is 10.4 Å². The average molecular weight is 309 g/mol. The highest BCUT2D eigenvalue weighted by Gasteiger charge is 2.20. The third-order valence-electron chi connectivity index (χ3n) is 2.78. The van der Waals surface area contributed by atoms with Gasteiger partial charge >= 0.3 is 0 Å². The van der Waals surface area contributed by atoms with E-state index in [1.807, 2.05) is 12.3 Å². The number of rotatable bonds is 4. The van der Waals surface area contributed by atoms with Crippen molar-refractivity contribution < 1.29 is 0 Å². The van der Waals surface area contributed by atoms with Crippen molar-refractivity contribution in [1.29, 1.82) is 0 Å². The van der Waals surface area contributed by atoms with Crippen molar-refractivity contribution in [3.05, 3.63) is 39.9 Å². The minimum absolute atomic E-state index is 0.744. The Balaban J connectivity index is 1.74. The van der Waals surface area contributed by atoms with E-state index in [0.717, 1.165) is 17.1 Å². The number of nitrogens with one attached hydrogen (secondary N) is 1. The Hall–Kier alpha value is -0.710. The molecule has 1 aromatic heterocycles. The second kappa shape index (κ2) is 4.88. The lowest BCUT2D eigenvalue weighted by Gasteiger charge is -1.98. The molecule has 88 valence electrons. The molecule has 1 aliphatic carbocycles. The standard InChI is InChI=1S/C13H13BrN2S/c14-10-3-1-2-9(6-10)12-7-16-13(17-12)8-15-11-4-5-11/h1-3,6-7,11,15H,4-5,8H2. The summed E-state index contributed by atoms with van der Waals surface area (Å²) < 4.78 is 1.11. The molecule has 1 fully saturated rings. The van der Waals surface area contributed by atoms with Crippen LogP contribution in [0.3, 0.4) is 0 Å². The zero-order valence-corrected chi connectivity index (χ0v) is 11.7. The molecule has 1 aromatic carbocycles. The second-order valence-corrected chi connectivity index (χ2v) is 6.31. The molecule has 0 unspecified atom stereocenters. The van der Waals surface area contributed by atoms with Crippen LogP contribution in [0.5, 0.6) is 0 Å². The summed E-state index contributed by atoms with van der Waals surface area (Å²) in [6, 6.07) is 9.09. The third-order valence-corrected chi connectivity index (χ3v) is 4.32. The maximum absolute atomic E-state index is 4.46. The Labute approximate surface area is 113 Å². The van der Waals surface area contributed by atoms with Gasteiger partial charge in [0.1, 0.15) is 5.01 Å². The van der Waals surface area contributed by atoms with E-state index in [0.29, 0.717) is 0 Å². The first-order chi connectivity index (χ1) is 8.31. The average Bonchev–Trinajstić information content (AvgIpc) is 3.04. The van der Waals surface area contributed by atoms with Crippen LogP contribution in [-0.4, -0.2) is 11.0 Å². The van der Waals surface area contributed by atoms with Gasteiger partial charge in [0.15, 0.2) is 0 Å². The predicted octanol–water partition coefficient (Wildman–Crippen LogP) is 3.82. The van der Waals surface area contributed by atoms with Crippen molar-refractivity contribution >= 4 is 27.3 Å². The lowest BCUT2D eigenvalue weighted by atomic mass is 10.2. The molecule has 1 heterocycles. The molecule has 1 aliphatic rings. The maximum Gasteiger partial charge on any atom is 0.107 e. The molecule has 0 aliphatic heterocycles. The molecule has 4 heteroatoms. The van der Waals surface area contributed by atoms with Crippen molar-refractivity contribution in [2.24, 2.45) is 0 Å². The van der Waals surface area contributed by atoms with E-state index in [1.165, 1.54) is 28.3 Å². The van der Waals surface area contributed by atoms with Gasteiger partial charge in [-0.05, 0) is 30.5 Å². The van der Waals surface area contributed by atoms with Crippen LogP contribution in [0.15, 0.2) is 34.9 Å². The van der Waals surface area contributed by atoms with Gasteiger partial charge in [-0.1, -0.05) is 28.1 Å². The summed E-state index contributed by atoms with van der Waals surface area (Å²) in [7, 11) is 0. The minimum Gasteiger partial charge on any atom is -0.308 e. The number of benzene rings is 1. The predicted molar refractivity (Wildman–Crippen MR) is 75.1 cm³/mol. The van der Waals surface area contributed by atoms with Crippen LogP contribution >= 0.6 is 27.3 Å². The summed E-state index contributed by atoms with van der Waals surface area (Å²) in [4.78, 5) is 5.70. The number of halogens is 1. The smallest absolute Gasteiger partial charge is 0.107 e. The number of hydrogen-bond donors (Lipinski definition) is 1. The highest BCUT2D eigenvalue weighted by atomic mass is 79.9. The van der Waals surface area contributed by atoms with Gasteiger partial charge in [-0.25, -0.2) is 4.98 Å². The molecule has 0 spiro atoms. The van der Waals surface area contributed by atoms with Crippen LogP contribution < -0.4 is 5.32 Å². The van der Waals surface area contributed by atoms with Crippen molar-refractivity contribution in [2.75, 3.05) is 0 Å². The van der Waals surface area contributed by atoms with E-state index in [-0.39, 0.29) is 0 Å². The van der Waals surface area contributed by atoms with Gasteiger partial charge in [0.2, 0.25) is 0 Å². The summed E-state index contributed by atoms with van der Waals surface area (Å²) in [5, 5.41) is 4.66. The fraction of sp³-hybridized carbons (Fsp3) is 0.308. The van der Waals surface area contributed by atoms with Gasteiger partial charge in [0.05, 0.1) is 4.88 Å². The summed E-state index contributed by atoms with van der Waals surface area (Å²) in [5.74, 6) is 0. The molecule has 3 rings (SSSR count). The highest BCUT2D eigenvalue weighted by Crippen LogP contribution is 2.28. The van der Waals surface area contributed by atoms with E-state index in [4.69, 9.17) is 0 Å². The van der Waals surface area contributed by atoms with Crippen LogP contribution in [0, 0.1) is 0 Å². The zero-order valence-electron chi connectivity index (χ0n) is 9.32.